The fourth-order valence-electron chi connectivity index (χ4n) is 1.91. The van der Waals surface area contributed by atoms with Crippen molar-refractivity contribution in [3.05, 3.63) is 0 Å². The standard InChI is InChI=1S/C10H21N3O2S2/c1-2-6-9(10(11)16)12-17(14,15)13-7-4-3-5-8-13/h9,12H,2-8H2,1H3,(H2,11,16). The first-order valence-corrected chi connectivity index (χ1v) is 7.89. The molecule has 5 nitrogen and oxygen atoms in total. The number of nitrogens with zero attached hydrogens (tertiary/aromatic N) is 1. The van der Waals surface area contributed by atoms with Crippen LogP contribution in [0.15, 0.2) is 0 Å². The topological polar surface area (TPSA) is 75.4 Å². The Bertz CT molecular complexity index is 351. The first kappa shape index (κ1) is 14.8. The lowest BCUT2D eigenvalue weighted by molar-refractivity contribution is 0.340. The number of piperidine rings is 1. The molecule has 1 saturated heterocycles. The van der Waals surface area contributed by atoms with E-state index in [9.17, 15) is 8.42 Å². The van der Waals surface area contributed by atoms with Crippen molar-refractivity contribution in [3.63, 3.8) is 0 Å². The average Bonchev–Trinajstić information content (AvgIpc) is 2.29. The van der Waals surface area contributed by atoms with Gasteiger partial charge in [-0.1, -0.05) is 32.0 Å². The summed E-state index contributed by atoms with van der Waals surface area (Å²) in [5.74, 6) is 0. The predicted molar refractivity (Wildman–Crippen MR) is 73.0 cm³/mol. The number of nitrogens with one attached hydrogen (secondary N) is 1. The molecular weight excluding hydrogens is 258 g/mol. The van der Waals surface area contributed by atoms with Gasteiger partial charge in [-0.15, -0.1) is 0 Å². The van der Waals surface area contributed by atoms with Crippen molar-refractivity contribution in [1.29, 1.82) is 0 Å². The molecule has 1 unspecified atom stereocenters. The van der Waals surface area contributed by atoms with Crippen molar-refractivity contribution in [1.82, 2.24) is 9.03 Å². The van der Waals surface area contributed by atoms with Crippen LogP contribution in [-0.2, 0) is 10.2 Å². The number of thiocarbonyl (C=S) groups is 1. The van der Waals surface area contributed by atoms with Gasteiger partial charge in [-0.3, -0.25) is 0 Å². The van der Waals surface area contributed by atoms with E-state index in [-0.39, 0.29) is 4.99 Å². The van der Waals surface area contributed by atoms with Crippen LogP contribution in [0.25, 0.3) is 0 Å². The van der Waals surface area contributed by atoms with E-state index in [0.717, 1.165) is 25.7 Å². The van der Waals surface area contributed by atoms with E-state index in [2.05, 4.69) is 4.72 Å². The third kappa shape index (κ3) is 4.50. The monoisotopic (exact) mass is 279 g/mol. The molecule has 0 bridgehead atoms. The third-order valence-corrected chi connectivity index (χ3v) is 4.78. The van der Waals surface area contributed by atoms with Gasteiger partial charge in [0.15, 0.2) is 0 Å². The van der Waals surface area contributed by atoms with Crippen molar-refractivity contribution in [2.45, 2.75) is 45.1 Å². The number of hydrogen-bond donors (Lipinski definition) is 2. The molecule has 17 heavy (non-hydrogen) atoms. The van der Waals surface area contributed by atoms with Gasteiger partial charge in [-0.2, -0.15) is 17.4 Å². The van der Waals surface area contributed by atoms with Gasteiger partial charge in [0.25, 0.3) is 10.2 Å². The molecule has 0 saturated carbocycles. The summed E-state index contributed by atoms with van der Waals surface area (Å²) in [7, 11) is -3.43. The summed E-state index contributed by atoms with van der Waals surface area (Å²) in [6.07, 6.45) is 4.42. The van der Waals surface area contributed by atoms with Crippen LogP contribution in [0, 0.1) is 0 Å². The molecule has 1 atom stereocenters. The first-order valence-electron chi connectivity index (χ1n) is 6.04. The second-order valence-electron chi connectivity index (χ2n) is 4.33. The quantitative estimate of drug-likeness (QED) is 0.704. The van der Waals surface area contributed by atoms with Crippen LogP contribution < -0.4 is 10.5 Å². The highest BCUT2D eigenvalue weighted by Crippen LogP contribution is 2.13. The van der Waals surface area contributed by atoms with Gasteiger partial charge in [0.1, 0.15) is 0 Å². The maximum absolute atomic E-state index is 12.1. The van der Waals surface area contributed by atoms with E-state index in [1.807, 2.05) is 6.92 Å². The van der Waals surface area contributed by atoms with Gasteiger partial charge in [0, 0.05) is 13.1 Å². The molecule has 100 valence electrons. The minimum atomic E-state index is -3.43. The molecule has 1 fully saturated rings. The number of nitrogens with two attached hydrogens (primary N) is 1. The summed E-state index contributed by atoms with van der Waals surface area (Å²) in [5, 5.41) is 0. The van der Waals surface area contributed by atoms with Crippen LogP contribution in [0.5, 0.6) is 0 Å². The molecule has 0 aromatic carbocycles. The summed E-state index contributed by atoms with van der Waals surface area (Å²) >= 11 is 4.88. The summed E-state index contributed by atoms with van der Waals surface area (Å²) in [4.78, 5) is 0.215. The van der Waals surface area contributed by atoms with Crippen LogP contribution in [0.1, 0.15) is 39.0 Å². The summed E-state index contributed by atoms with van der Waals surface area (Å²) in [5.41, 5.74) is 5.55. The molecule has 7 heteroatoms. The molecule has 0 aromatic heterocycles. The van der Waals surface area contributed by atoms with Crippen molar-refractivity contribution in [2.24, 2.45) is 5.73 Å². The third-order valence-electron chi connectivity index (χ3n) is 2.87. The van der Waals surface area contributed by atoms with Crippen LogP contribution in [0.3, 0.4) is 0 Å². The summed E-state index contributed by atoms with van der Waals surface area (Å²) in [6.45, 7) is 3.15. The fraction of sp³-hybridized carbons (Fsp3) is 0.900. The van der Waals surface area contributed by atoms with E-state index < -0.39 is 16.3 Å². The van der Waals surface area contributed by atoms with Gasteiger partial charge >= 0.3 is 0 Å². The average molecular weight is 279 g/mol. The van der Waals surface area contributed by atoms with E-state index in [1.165, 1.54) is 4.31 Å². The molecule has 3 N–H and O–H groups in total. The Labute approximate surface area is 109 Å². The van der Waals surface area contributed by atoms with E-state index in [0.29, 0.717) is 19.5 Å². The zero-order valence-corrected chi connectivity index (χ0v) is 11.8. The van der Waals surface area contributed by atoms with E-state index in [4.69, 9.17) is 18.0 Å². The van der Waals surface area contributed by atoms with Crippen LogP contribution in [0.4, 0.5) is 0 Å². The Morgan fingerprint density at radius 2 is 2.00 bits per heavy atom. The molecule has 1 aliphatic rings. The highest BCUT2D eigenvalue weighted by Gasteiger charge is 2.27. The molecule has 1 aliphatic heterocycles. The minimum absolute atomic E-state index is 0.215. The van der Waals surface area contributed by atoms with Crippen LogP contribution >= 0.6 is 12.2 Å². The summed E-state index contributed by atoms with van der Waals surface area (Å²) < 4.78 is 28.2. The Kier molecular flexibility index (Phi) is 5.78. The zero-order valence-electron chi connectivity index (χ0n) is 10.2. The minimum Gasteiger partial charge on any atom is -0.392 e. The number of hydrogen-bond acceptors (Lipinski definition) is 3. The van der Waals surface area contributed by atoms with Crippen molar-refractivity contribution in [2.75, 3.05) is 13.1 Å². The van der Waals surface area contributed by atoms with Crippen molar-refractivity contribution >= 4 is 27.4 Å². The molecule has 0 aromatic rings. The number of rotatable bonds is 6. The van der Waals surface area contributed by atoms with Gasteiger partial charge in [0.05, 0.1) is 11.0 Å². The van der Waals surface area contributed by atoms with Crippen molar-refractivity contribution in [3.8, 4) is 0 Å². The maximum Gasteiger partial charge on any atom is 0.280 e. The van der Waals surface area contributed by atoms with E-state index in [1.54, 1.807) is 0 Å². The molecular formula is C10H21N3O2S2. The van der Waals surface area contributed by atoms with Gasteiger partial charge < -0.3 is 5.73 Å². The zero-order chi connectivity index (χ0) is 12.9. The van der Waals surface area contributed by atoms with Crippen LogP contribution in [-0.4, -0.2) is 36.8 Å². The van der Waals surface area contributed by atoms with Gasteiger partial charge in [0.2, 0.25) is 0 Å². The molecule has 0 radical (unpaired) electrons. The Morgan fingerprint density at radius 3 is 2.47 bits per heavy atom. The lowest BCUT2D eigenvalue weighted by Crippen LogP contribution is -2.50. The molecule has 0 aliphatic carbocycles. The fourth-order valence-corrected chi connectivity index (χ4v) is 3.65. The molecule has 0 amide bonds. The highest BCUT2D eigenvalue weighted by atomic mass is 32.2. The summed E-state index contributed by atoms with van der Waals surface area (Å²) in [6, 6.07) is -0.429. The largest absolute Gasteiger partial charge is 0.392 e. The van der Waals surface area contributed by atoms with Gasteiger partial charge in [-0.25, -0.2) is 0 Å². The Hall–Kier alpha value is -0.240. The highest BCUT2D eigenvalue weighted by molar-refractivity contribution is 7.87. The lowest BCUT2D eigenvalue weighted by atomic mass is 10.2. The Balaban J connectivity index is 2.65. The van der Waals surface area contributed by atoms with E-state index >= 15 is 0 Å². The van der Waals surface area contributed by atoms with Gasteiger partial charge in [-0.05, 0) is 19.3 Å². The molecule has 0 spiro atoms. The second kappa shape index (κ2) is 6.63. The molecule has 1 rings (SSSR count). The van der Waals surface area contributed by atoms with Crippen molar-refractivity contribution < 1.29 is 8.42 Å². The normalized spacial score (nSPS) is 20.1. The lowest BCUT2D eigenvalue weighted by Gasteiger charge is -2.28. The maximum atomic E-state index is 12.1. The Morgan fingerprint density at radius 1 is 1.41 bits per heavy atom. The SMILES string of the molecule is CCCC(NS(=O)(=O)N1CCCCC1)C(N)=S. The van der Waals surface area contributed by atoms with Crippen LogP contribution in [0.2, 0.25) is 0 Å². The first-order chi connectivity index (χ1) is 7.97. The molecule has 1 heterocycles. The second-order valence-corrected chi connectivity index (χ2v) is 6.50. The predicted octanol–water partition coefficient (Wildman–Crippen LogP) is 0.761. The smallest absolute Gasteiger partial charge is 0.280 e.